The zero-order valence-corrected chi connectivity index (χ0v) is 21.6. The quantitative estimate of drug-likeness (QED) is 0.208. The van der Waals surface area contributed by atoms with Gasteiger partial charge in [-0.05, 0) is 46.9 Å². The maximum Gasteiger partial charge on any atom is 0.421 e. The molecule has 0 amide bonds. The minimum absolute atomic E-state index is 0.148. The molecule has 0 bridgehead atoms. The Morgan fingerprint density at radius 1 is 1.02 bits per heavy atom. The van der Waals surface area contributed by atoms with Crippen molar-refractivity contribution in [3.63, 3.8) is 0 Å². The third kappa shape index (κ3) is 6.66. The lowest BCUT2D eigenvalue weighted by Crippen LogP contribution is -2.17. The first-order valence-corrected chi connectivity index (χ1v) is 12.3. The average Bonchev–Trinajstić information content (AvgIpc) is 3.31. The predicted octanol–water partition coefficient (Wildman–Crippen LogP) is 6.86. The molecule has 40 heavy (non-hydrogen) atoms. The molecule has 0 fully saturated rings. The van der Waals surface area contributed by atoms with Gasteiger partial charge in [-0.2, -0.15) is 18.3 Å². The van der Waals surface area contributed by atoms with E-state index in [1.165, 1.54) is 12.3 Å². The molecular weight excluding hydrogens is 533 g/mol. The fraction of sp³-hybridized carbons (Fsp3) is 0.241. The highest BCUT2D eigenvalue weighted by atomic mass is 19.4. The van der Waals surface area contributed by atoms with Crippen LogP contribution in [0.4, 0.5) is 22.0 Å². The molecule has 1 heterocycles. The second-order valence-corrected chi connectivity index (χ2v) is 9.43. The molecule has 0 radical (unpaired) electrons. The van der Waals surface area contributed by atoms with E-state index in [0.29, 0.717) is 30.5 Å². The lowest BCUT2D eigenvalue weighted by molar-refractivity contribution is -0.140. The van der Waals surface area contributed by atoms with Crippen molar-refractivity contribution in [3.8, 4) is 11.4 Å². The van der Waals surface area contributed by atoms with E-state index in [4.69, 9.17) is 9.84 Å². The highest BCUT2D eigenvalue weighted by Crippen LogP contribution is 2.37. The van der Waals surface area contributed by atoms with E-state index in [9.17, 15) is 26.7 Å². The topological polar surface area (TPSA) is 76.4 Å². The van der Waals surface area contributed by atoms with Gasteiger partial charge in [0, 0.05) is 25.2 Å². The molecule has 0 saturated carbocycles. The first kappa shape index (κ1) is 28.8. The molecule has 0 aliphatic heterocycles. The van der Waals surface area contributed by atoms with Gasteiger partial charge in [-0.25, -0.2) is 18.3 Å². The van der Waals surface area contributed by atoms with Crippen LogP contribution in [0.5, 0.6) is 5.75 Å². The van der Waals surface area contributed by atoms with Crippen molar-refractivity contribution in [1.29, 1.82) is 0 Å². The van der Waals surface area contributed by atoms with Crippen LogP contribution in [0.2, 0.25) is 0 Å². The standard InChI is InChI=1S/C29H26F5N3O3/c1-17(2)23-15-36-37(25-12-21(30)11-24(31)27(25)29(32,33)34)26(23)16-40-22-8-6-18(7-9-22)13-35-14-19-4-3-5-20(10-19)28(38)39/h3-12,15,17,35H,13-14,16H2,1-2H3,(H,38,39). The number of rotatable bonds is 10. The molecule has 0 aliphatic carbocycles. The highest BCUT2D eigenvalue weighted by molar-refractivity contribution is 5.87. The number of carboxylic acids is 1. The minimum Gasteiger partial charge on any atom is -0.487 e. The molecule has 3 aromatic carbocycles. The van der Waals surface area contributed by atoms with Crippen molar-refractivity contribution in [2.75, 3.05) is 0 Å². The van der Waals surface area contributed by atoms with Crippen LogP contribution in [0.1, 0.15) is 58.1 Å². The molecule has 1 aromatic heterocycles. The van der Waals surface area contributed by atoms with Crippen LogP contribution in [0.25, 0.3) is 5.69 Å². The lowest BCUT2D eigenvalue weighted by atomic mass is 10.0. The Balaban J connectivity index is 1.48. The SMILES string of the molecule is CC(C)c1cnn(-c2cc(F)cc(F)c2C(F)(F)F)c1COc1ccc(CNCc2cccc(C(=O)O)c2)cc1. The van der Waals surface area contributed by atoms with Crippen LogP contribution in [0, 0.1) is 11.6 Å². The molecule has 4 rings (SSSR count). The first-order chi connectivity index (χ1) is 18.9. The van der Waals surface area contributed by atoms with E-state index in [-0.39, 0.29) is 29.8 Å². The third-order valence-corrected chi connectivity index (χ3v) is 6.20. The number of hydrogen-bond donors (Lipinski definition) is 2. The Kier molecular flexibility index (Phi) is 8.53. The average molecular weight is 560 g/mol. The normalized spacial score (nSPS) is 11.7. The predicted molar refractivity (Wildman–Crippen MR) is 137 cm³/mol. The Morgan fingerprint density at radius 3 is 2.38 bits per heavy atom. The summed E-state index contributed by atoms with van der Waals surface area (Å²) in [5.41, 5.74) is 0.389. The summed E-state index contributed by atoms with van der Waals surface area (Å²) < 4.78 is 76.0. The second-order valence-electron chi connectivity index (χ2n) is 9.43. The van der Waals surface area contributed by atoms with E-state index in [2.05, 4.69) is 10.4 Å². The number of ether oxygens (including phenoxy) is 1. The Hall–Kier alpha value is -4.25. The van der Waals surface area contributed by atoms with Crippen LogP contribution < -0.4 is 10.1 Å². The van der Waals surface area contributed by atoms with Crippen molar-refractivity contribution in [2.45, 2.75) is 45.6 Å². The Morgan fingerprint density at radius 2 is 1.73 bits per heavy atom. The van der Waals surface area contributed by atoms with Gasteiger partial charge in [-0.1, -0.05) is 38.1 Å². The summed E-state index contributed by atoms with van der Waals surface area (Å²) >= 11 is 0. The van der Waals surface area contributed by atoms with Gasteiger partial charge < -0.3 is 15.2 Å². The first-order valence-electron chi connectivity index (χ1n) is 12.3. The fourth-order valence-corrected chi connectivity index (χ4v) is 4.25. The van der Waals surface area contributed by atoms with Gasteiger partial charge in [0.15, 0.2) is 0 Å². The monoisotopic (exact) mass is 559 g/mol. The number of carboxylic acid groups (broad SMARTS) is 1. The van der Waals surface area contributed by atoms with Crippen LogP contribution in [-0.4, -0.2) is 20.9 Å². The van der Waals surface area contributed by atoms with E-state index in [0.717, 1.165) is 15.8 Å². The zero-order chi connectivity index (χ0) is 29.0. The fourth-order valence-electron chi connectivity index (χ4n) is 4.25. The van der Waals surface area contributed by atoms with E-state index in [1.54, 1.807) is 36.4 Å². The molecule has 11 heteroatoms. The van der Waals surface area contributed by atoms with Gasteiger partial charge in [-0.3, -0.25) is 0 Å². The number of aromatic nitrogens is 2. The smallest absolute Gasteiger partial charge is 0.421 e. The minimum atomic E-state index is -5.07. The number of hydrogen-bond acceptors (Lipinski definition) is 4. The van der Waals surface area contributed by atoms with Gasteiger partial charge in [0.2, 0.25) is 0 Å². The van der Waals surface area contributed by atoms with E-state index >= 15 is 0 Å². The summed E-state index contributed by atoms with van der Waals surface area (Å²) in [6, 6.07) is 14.4. The molecule has 2 N–H and O–H groups in total. The number of nitrogens with one attached hydrogen (secondary N) is 1. The largest absolute Gasteiger partial charge is 0.487 e. The highest BCUT2D eigenvalue weighted by Gasteiger charge is 2.39. The zero-order valence-electron chi connectivity index (χ0n) is 21.6. The van der Waals surface area contributed by atoms with Crippen LogP contribution in [-0.2, 0) is 25.9 Å². The summed E-state index contributed by atoms with van der Waals surface area (Å²) in [5, 5.41) is 16.4. The third-order valence-electron chi connectivity index (χ3n) is 6.20. The summed E-state index contributed by atoms with van der Waals surface area (Å²) in [4.78, 5) is 11.1. The van der Waals surface area contributed by atoms with Gasteiger partial charge in [0.25, 0.3) is 0 Å². The maximum absolute atomic E-state index is 14.3. The number of aromatic carboxylic acids is 1. The van der Waals surface area contributed by atoms with Gasteiger partial charge >= 0.3 is 12.1 Å². The molecule has 210 valence electrons. The summed E-state index contributed by atoms with van der Waals surface area (Å²) in [5.74, 6) is -3.60. The summed E-state index contributed by atoms with van der Waals surface area (Å²) in [6.07, 6.45) is -3.70. The Labute approximate surface area is 227 Å². The van der Waals surface area contributed by atoms with Gasteiger partial charge in [0.1, 0.15) is 29.6 Å². The van der Waals surface area contributed by atoms with E-state index < -0.39 is 35.0 Å². The summed E-state index contributed by atoms with van der Waals surface area (Å²) in [6.45, 7) is 4.40. The number of benzene rings is 3. The molecule has 0 atom stereocenters. The molecular formula is C29H26F5N3O3. The molecule has 6 nitrogen and oxygen atoms in total. The van der Waals surface area contributed by atoms with Crippen LogP contribution in [0.3, 0.4) is 0 Å². The molecule has 0 aliphatic rings. The van der Waals surface area contributed by atoms with Crippen LogP contribution in [0.15, 0.2) is 66.9 Å². The second kappa shape index (κ2) is 11.9. The Bertz CT molecular complexity index is 1500. The van der Waals surface area contributed by atoms with Gasteiger partial charge in [0.05, 0.1) is 23.1 Å². The number of carbonyl (C=O) groups is 1. The van der Waals surface area contributed by atoms with Crippen LogP contribution >= 0.6 is 0 Å². The molecule has 0 saturated heterocycles. The number of halogens is 5. The number of alkyl halides is 3. The van der Waals surface area contributed by atoms with Gasteiger partial charge in [-0.15, -0.1) is 0 Å². The van der Waals surface area contributed by atoms with Crippen molar-refractivity contribution in [1.82, 2.24) is 15.1 Å². The van der Waals surface area contributed by atoms with Crippen molar-refractivity contribution < 1.29 is 36.6 Å². The maximum atomic E-state index is 14.3. The van der Waals surface area contributed by atoms with Crippen molar-refractivity contribution in [2.24, 2.45) is 0 Å². The molecule has 4 aromatic rings. The number of nitrogens with zero attached hydrogens (tertiary/aromatic N) is 2. The molecule has 0 unspecified atom stereocenters. The van der Waals surface area contributed by atoms with Crippen molar-refractivity contribution >= 4 is 5.97 Å². The lowest BCUT2D eigenvalue weighted by Gasteiger charge is -2.17. The van der Waals surface area contributed by atoms with E-state index in [1.807, 2.05) is 19.9 Å². The molecule has 0 spiro atoms. The summed E-state index contributed by atoms with van der Waals surface area (Å²) in [7, 11) is 0. The van der Waals surface area contributed by atoms with Crippen molar-refractivity contribution in [3.05, 3.63) is 112 Å².